The summed E-state index contributed by atoms with van der Waals surface area (Å²) in [5, 5.41) is 23.9. The zero-order valence-electron chi connectivity index (χ0n) is 55.2. The summed E-state index contributed by atoms with van der Waals surface area (Å²) in [6.45, 7) is 0. The van der Waals surface area contributed by atoms with Gasteiger partial charge in [0.2, 0.25) is 0 Å². The lowest BCUT2D eigenvalue weighted by atomic mass is 9.88. The lowest BCUT2D eigenvalue weighted by Crippen LogP contribution is -1.96. The zero-order chi connectivity index (χ0) is 68.0. The molecule has 0 atom stereocenters. The molecule has 0 saturated carbocycles. The number of benzene rings is 15. The van der Waals surface area contributed by atoms with E-state index >= 15 is 0 Å². The lowest BCUT2D eigenvalue weighted by molar-refractivity contribution is 1.18. The summed E-state index contributed by atoms with van der Waals surface area (Å²) >= 11 is 0. The number of aromatic nitrogens is 4. The Morgan fingerprint density at radius 2 is 0.373 bits per heavy atom. The Labute approximate surface area is 591 Å². The predicted molar refractivity (Wildman–Crippen MR) is 417 cm³/mol. The van der Waals surface area contributed by atoms with E-state index in [1.165, 1.54) is 77.2 Å². The molecule has 472 valence electrons. The van der Waals surface area contributed by atoms with Crippen molar-refractivity contribution in [1.29, 1.82) is 10.5 Å². The zero-order valence-corrected chi connectivity index (χ0v) is 55.2. The van der Waals surface area contributed by atoms with Gasteiger partial charge >= 0.3 is 0 Å². The Bertz CT molecular complexity index is 6010. The number of hydrogen-bond donors (Lipinski definition) is 0. The van der Waals surface area contributed by atoms with E-state index in [1.54, 1.807) is 0 Å². The molecular weight excluding hydrogens is 1240 g/mol. The van der Waals surface area contributed by atoms with E-state index in [1.807, 2.05) is 97.1 Å². The molecular formula is C96H58N6. The van der Waals surface area contributed by atoms with Gasteiger partial charge in [0, 0.05) is 33.4 Å². The summed E-state index contributed by atoms with van der Waals surface area (Å²) in [7, 11) is 0. The third-order valence-electron chi connectivity index (χ3n) is 19.8. The third kappa shape index (κ3) is 11.0. The standard InChI is InChI=1S/C51H31N3.C45H27N3/c52-32-33-15-17-36(18-16-33)41-27-29-45-43-13-7-8-14-44(43)46-30-28-42(49(41)50(45)46)37-23-19-34(20-24-37)35-21-25-40(26-22-35)51-53-47(38-9-3-1-4-10-38)31-48(54-51)39-11-5-2-6-12-39;46-28-29-15-17-30(18-16-29)35-23-25-39-37-13-7-8-14-38(37)40-26-24-36(43(35)44(39)40)31-19-21-34(22-20-31)45-47-41(32-9-3-1-4-10-32)27-42(48-45)33-11-5-2-6-12-33/h1-31H;1-27H. The highest BCUT2D eigenvalue weighted by Gasteiger charge is 2.27. The Balaban J connectivity index is 0.000000147. The molecule has 0 fully saturated rings. The summed E-state index contributed by atoms with van der Waals surface area (Å²) in [4.78, 5) is 20.1. The van der Waals surface area contributed by atoms with Gasteiger partial charge in [0.25, 0.3) is 0 Å². The maximum Gasteiger partial charge on any atom is 0.160 e. The second-order valence-corrected chi connectivity index (χ2v) is 25.7. The van der Waals surface area contributed by atoms with Crippen LogP contribution in [0.3, 0.4) is 0 Å². The molecule has 2 heterocycles. The Morgan fingerprint density at radius 3 is 0.627 bits per heavy atom. The number of rotatable bonds is 11. The highest BCUT2D eigenvalue weighted by molar-refractivity contribution is 6.24. The van der Waals surface area contributed by atoms with E-state index in [0.29, 0.717) is 22.8 Å². The monoisotopic (exact) mass is 1290 g/mol. The second kappa shape index (κ2) is 25.8. The molecule has 15 aromatic carbocycles. The van der Waals surface area contributed by atoms with E-state index in [-0.39, 0.29) is 0 Å². The molecule has 0 amide bonds. The molecule has 0 radical (unpaired) electrons. The van der Waals surface area contributed by atoms with Gasteiger partial charge in [-0.05, 0) is 158 Å². The first kappa shape index (κ1) is 60.4. The summed E-state index contributed by atoms with van der Waals surface area (Å²) in [5.74, 6) is 1.39. The smallest absolute Gasteiger partial charge is 0.160 e. The average Bonchev–Trinajstić information content (AvgIpc) is 1.54. The molecule has 0 unspecified atom stereocenters. The number of nitrogens with zero attached hydrogens (tertiary/aromatic N) is 6. The number of nitriles is 2. The van der Waals surface area contributed by atoms with Gasteiger partial charge < -0.3 is 0 Å². The SMILES string of the molecule is N#Cc1ccc(-c2ccc3c4c(ccc(-c5ccc(-c6ccc(-c7nc(-c8ccccc8)cc(-c8ccccc8)n7)cc6)cc5)c24)-c2ccccc2-3)cc1.N#Cc1ccc(-c2ccc3c4c(ccc(-c5ccc(-c6nc(-c7ccccc7)cc(-c7ccccc7)n6)cc5)c24)-c2ccccc2-3)cc1. The van der Waals surface area contributed by atoms with Crippen LogP contribution in [0.25, 0.3) is 189 Å². The van der Waals surface area contributed by atoms with Crippen molar-refractivity contribution in [3.8, 4) is 180 Å². The molecule has 2 aromatic heterocycles. The molecule has 17 aromatic rings. The van der Waals surface area contributed by atoms with Crippen molar-refractivity contribution >= 4 is 21.5 Å². The minimum absolute atomic E-state index is 0.655. The van der Waals surface area contributed by atoms with Crippen LogP contribution in [0, 0.1) is 22.7 Å². The van der Waals surface area contributed by atoms with Crippen LogP contribution in [-0.4, -0.2) is 19.9 Å². The third-order valence-corrected chi connectivity index (χ3v) is 19.8. The van der Waals surface area contributed by atoms with E-state index in [4.69, 9.17) is 19.9 Å². The van der Waals surface area contributed by atoms with Gasteiger partial charge in [0.15, 0.2) is 11.6 Å². The predicted octanol–water partition coefficient (Wildman–Crippen LogP) is 24.6. The molecule has 19 rings (SSSR count). The van der Waals surface area contributed by atoms with Gasteiger partial charge in [-0.1, -0.05) is 315 Å². The van der Waals surface area contributed by atoms with Gasteiger partial charge in [-0.2, -0.15) is 10.5 Å². The van der Waals surface area contributed by atoms with Crippen LogP contribution in [0.2, 0.25) is 0 Å². The number of hydrogen-bond acceptors (Lipinski definition) is 6. The van der Waals surface area contributed by atoms with Crippen molar-refractivity contribution in [3.63, 3.8) is 0 Å². The topological polar surface area (TPSA) is 99.1 Å². The number of fused-ring (bicyclic) bond motifs is 6. The normalized spacial score (nSPS) is 11.3. The largest absolute Gasteiger partial charge is 0.228 e. The molecule has 0 aliphatic heterocycles. The van der Waals surface area contributed by atoms with Crippen molar-refractivity contribution < 1.29 is 0 Å². The highest BCUT2D eigenvalue weighted by Crippen LogP contribution is 2.54. The van der Waals surface area contributed by atoms with Gasteiger partial charge in [-0.3, -0.25) is 0 Å². The fourth-order valence-corrected chi connectivity index (χ4v) is 14.8. The summed E-state index contributed by atoms with van der Waals surface area (Å²) in [6, 6.07) is 127. The molecule has 2 aliphatic carbocycles. The van der Waals surface area contributed by atoms with E-state index < -0.39 is 0 Å². The molecule has 0 N–H and O–H groups in total. The summed E-state index contributed by atoms with van der Waals surface area (Å²) in [5.41, 5.74) is 32.6. The maximum absolute atomic E-state index is 9.46. The molecule has 0 spiro atoms. The van der Waals surface area contributed by atoms with Crippen LogP contribution in [0.4, 0.5) is 0 Å². The van der Waals surface area contributed by atoms with Crippen molar-refractivity contribution in [2.75, 3.05) is 0 Å². The molecule has 0 saturated heterocycles. The second-order valence-electron chi connectivity index (χ2n) is 25.7. The van der Waals surface area contributed by atoms with Gasteiger partial charge in [-0.15, -0.1) is 0 Å². The van der Waals surface area contributed by atoms with Crippen LogP contribution in [0.1, 0.15) is 11.1 Å². The van der Waals surface area contributed by atoms with Gasteiger partial charge in [0.05, 0.1) is 46.0 Å². The summed E-state index contributed by atoms with van der Waals surface area (Å²) < 4.78 is 0. The van der Waals surface area contributed by atoms with Gasteiger partial charge in [0.1, 0.15) is 0 Å². The Morgan fingerprint density at radius 1 is 0.167 bits per heavy atom. The molecule has 102 heavy (non-hydrogen) atoms. The van der Waals surface area contributed by atoms with Crippen molar-refractivity contribution in [2.24, 2.45) is 0 Å². The molecule has 6 nitrogen and oxygen atoms in total. The van der Waals surface area contributed by atoms with Crippen LogP contribution >= 0.6 is 0 Å². The first-order valence-electron chi connectivity index (χ1n) is 34.2. The fraction of sp³-hybridized carbons (Fsp3) is 0. The Kier molecular flexibility index (Phi) is 15.2. The minimum Gasteiger partial charge on any atom is -0.228 e. The van der Waals surface area contributed by atoms with E-state index in [9.17, 15) is 10.5 Å². The lowest BCUT2D eigenvalue weighted by Gasteiger charge is -2.15. The van der Waals surface area contributed by atoms with Crippen LogP contribution < -0.4 is 0 Å². The fourth-order valence-electron chi connectivity index (χ4n) is 14.8. The van der Waals surface area contributed by atoms with Crippen LogP contribution in [0.15, 0.2) is 352 Å². The minimum atomic E-state index is 0.655. The van der Waals surface area contributed by atoms with Crippen LogP contribution in [-0.2, 0) is 0 Å². The Hall–Kier alpha value is -14.0. The van der Waals surface area contributed by atoms with Crippen molar-refractivity contribution in [3.05, 3.63) is 363 Å². The quantitative estimate of drug-likeness (QED) is 0.128. The molecule has 2 aliphatic rings. The average molecular weight is 1300 g/mol. The van der Waals surface area contributed by atoms with Crippen LogP contribution in [0.5, 0.6) is 0 Å². The molecule has 6 heteroatoms. The van der Waals surface area contributed by atoms with E-state index in [0.717, 1.165) is 101 Å². The van der Waals surface area contributed by atoms with Gasteiger partial charge in [-0.25, -0.2) is 19.9 Å². The highest BCUT2D eigenvalue weighted by atomic mass is 14.9. The van der Waals surface area contributed by atoms with E-state index in [2.05, 4.69) is 267 Å². The first-order valence-corrected chi connectivity index (χ1v) is 34.2. The summed E-state index contributed by atoms with van der Waals surface area (Å²) in [6.07, 6.45) is 0. The van der Waals surface area contributed by atoms with Crippen molar-refractivity contribution in [1.82, 2.24) is 19.9 Å². The first-order chi connectivity index (χ1) is 50.5. The maximum atomic E-state index is 9.46. The molecule has 0 bridgehead atoms. The van der Waals surface area contributed by atoms with Crippen molar-refractivity contribution in [2.45, 2.75) is 0 Å².